The molecular formula is C14H27NO2. The fraction of sp³-hybridized carbons (Fsp3) is 0.786. The van der Waals surface area contributed by atoms with Crippen LogP contribution in [0.2, 0.25) is 0 Å². The zero-order valence-corrected chi connectivity index (χ0v) is 11.5. The van der Waals surface area contributed by atoms with E-state index in [1.54, 1.807) is 0 Å². The van der Waals surface area contributed by atoms with Gasteiger partial charge in [0.25, 0.3) is 0 Å². The summed E-state index contributed by atoms with van der Waals surface area (Å²) in [5.74, 6) is 4.85. The van der Waals surface area contributed by atoms with E-state index in [0.717, 1.165) is 18.4 Å². The predicted octanol–water partition coefficient (Wildman–Crippen LogP) is 3.74. The number of rotatable bonds is 9. The molecule has 0 aliphatic rings. The Morgan fingerprint density at radius 1 is 1.24 bits per heavy atom. The van der Waals surface area contributed by atoms with Gasteiger partial charge in [-0.25, -0.2) is 4.79 Å². The molecule has 17 heavy (non-hydrogen) atoms. The van der Waals surface area contributed by atoms with Gasteiger partial charge in [0, 0.05) is 6.08 Å². The summed E-state index contributed by atoms with van der Waals surface area (Å²) < 4.78 is 0. The minimum atomic E-state index is -0.452. The minimum Gasteiger partial charge on any atom is -0.370 e. The molecule has 2 N–H and O–H groups in total. The van der Waals surface area contributed by atoms with E-state index in [0.29, 0.717) is 5.92 Å². The topological polar surface area (TPSA) is 52.3 Å². The summed E-state index contributed by atoms with van der Waals surface area (Å²) in [7, 11) is 0. The van der Waals surface area contributed by atoms with Gasteiger partial charge < -0.3 is 4.84 Å². The van der Waals surface area contributed by atoms with Crippen LogP contribution >= 0.6 is 0 Å². The van der Waals surface area contributed by atoms with Crippen molar-refractivity contribution in [3.63, 3.8) is 0 Å². The van der Waals surface area contributed by atoms with Crippen LogP contribution in [0.15, 0.2) is 11.6 Å². The molecule has 3 nitrogen and oxygen atoms in total. The van der Waals surface area contributed by atoms with Crippen LogP contribution < -0.4 is 5.90 Å². The first-order valence-corrected chi connectivity index (χ1v) is 6.74. The molecule has 0 saturated heterocycles. The van der Waals surface area contributed by atoms with Gasteiger partial charge in [0.15, 0.2) is 0 Å². The van der Waals surface area contributed by atoms with Crippen molar-refractivity contribution in [2.75, 3.05) is 0 Å². The van der Waals surface area contributed by atoms with Crippen molar-refractivity contribution in [1.29, 1.82) is 0 Å². The van der Waals surface area contributed by atoms with Gasteiger partial charge in [-0.2, -0.15) is 5.90 Å². The van der Waals surface area contributed by atoms with Crippen molar-refractivity contribution < 1.29 is 9.63 Å². The van der Waals surface area contributed by atoms with Crippen molar-refractivity contribution in [2.24, 2.45) is 11.8 Å². The van der Waals surface area contributed by atoms with Gasteiger partial charge in [0.05, 0.1) is 0 Å². The molecule has 0 aromatic heterocycles. The van der Waals surface area contributed by atoms with Gasteiger partial charge in [0.1, 0.15) is 0 Å². The Balaban J connectivity index is 3.97. The van der Waals surface area contributed by atoms with Crippen LogP contribution in [-0.2, 0) is 9.63 Å². The zero-order valence-electron chi connectivity index (χ0n) is 11.5. The maximum absolute atomic E-state index is 11.0. The Morgan fingerprint density at radius 3 is 2.41 bits per heavy atom. The summed E-state index contributed by atoms with van der Waals surface area (Å²) in [6.07, 6.45) is 10.2. The summed E-state index contributed by atoms with van der Waals surface area (Å²) in [6, 6.07) is 0. The van der Waals surface area contributed by atoms with E-state index >= 15 is 0 Å². The van der Waals surface area contributed by atoms with E-state index in [4.69, 9.17) is 5.90 Å². The molecule has 3 heteroatoms. The van der Waals surface area contributed by atoms with Crippen LogP contribution in [0, 0.1) is 5.92 Å². The Labute approximate surface area is 105 Å². The SMILES string of the molecule is CCCCCCCC(CC)C(C)=CC(=O)ON. The molecule has 0 rings (SSSR count). The number of carbonyl (C=O) groups is 1. The highest BCUT2D eigenvalue weighted by molar-refractivity contribution is 5.82. The fourth-order valence-electron chi connectivity index (χ4n) is 2.09. The molecule has 0 spiro atoms. The molecule has 0 amide bonds. The van der Waals surface area contributed by atoms with Gasteiger partial charge in [-0.1, -0.05) is 51.5 Å². The van der Waals surface area contributed by atoms with Gasteiger partial charge in [-0.3, -0.25) is 0 Å². The highest BCUT2D eigenvalue weighted by Crippen LogP contribution is 2.22. The lowest BCUT2D eigenvalue weighted by atomic mass is 9.91. The lowest BCUT2D eigenvalue weighted by Gasteiger charge is -2.15. The van der Waals surface area contributed by atoms with Crippen molar-refractivity contribution >= 4 is 5.97 Å². The van der Waals surface area contributed by atoms with Crippen molar-refractivity contribution in [3.05, 3.63) is 11.6 Å². The molecule has 0 radical (unpaired) electrons. The van der Waals surface area contributed by atoms with E-state index < -0.39 is 5.97 Å². The smallest absolute Gasteiger partial charge is 0.349 e. The largest absolute Gasteiger partial charge is 0.370 e. The van der Waals surface area contributed by atoms with Gasteiger partial charge in [0.2, 0.25) is 0 Å². The maximum atomic E-state index is 11.0. The Kier molecular flexibility index (Phi) is 9.83. The normalized spacial score (nSPS) is 13.5. The summed E-state index contributed by atoms with van der Waals surface area (Å²) in [5, 5.41) is 0. The average Bonchev–Trinajstić information content (AvgIpc) is 2.33. The fourth-order valence-corrected chi connectivity index (χ4v) is 2.09. The first-order chi connectivity index (χ1) is 8.15. The van der Waals surface area contributed by atoms with Crippen LogP contribution in [0.25, 0.3) is 0 Å². The monoisotopic (exact) mass is 241 g/mol. The van der Waals surface area contributed by atoms with Gasteiger partial charge >= 0.3 is 5.97 Å². The van der Waals surface area contributed by atoms with E-state index in [-0.39, 0.29) is 0 Å². The summed E-state index contributed by atoms with van der Waals surface area (Å²) in [5.41, 5.74) is 1.08. The molecular weight excluding hydrogens is 214 g/mol. The number of hydrogen-bond donors (Lipinski definition) is 1. The molecule has 1 unspecified atom stereocenters. The number of allylic oxidation sites excluding steroid dienone is 1. The first-order valence-electron chi connectivity index (χ1n) is 6.74. The molecule has 0 heterocycles. The lowest BCUT2D eigenvalue weighted by Crippen LogP contribution is -2.09. The Morgan fingerprint density at radius 2 is 1.88 bits per heavy atom. The molecule has 0 aromatic carbocycles. The third kappa shape index (κ3) is 7.97. The van der Waals surface area contributed by atoms with Crippen molar-refractivity contribution in [3.8, 4) is 0 Å². The highest BCUT2D eigenvalue weighted by atomic mass is 16.7. The second-order valence-electron chi connectivity index (χ2n) is 4.63. The van der Waals surface area contributed by atoms with Crippen LogP contribution in [0.5, 0.6) is 0 Å². The quantitative estimate of drug-likeness (QED) is 0.380. The molecule has 0 bridgehead atoms. The Bertz CT molecular complexity index is 236. The summed E-state index contributed by atoms with van der Waals surface area (Å²) in [4.78, 5) is 15.2. The number of unbranched alkanes of at least 4 members (excludes halogenated alkanes) is 4. The van der Waals surface area contributed by atoms with Gasteiger partial charge in [-0.05, 0) is 25.7 Å². The number of carbonyl (C=O) groups excluding carboxylic acids is 1. The van der Waals surface area contributed by atoms with E-state index in [9.17, 15) is 4.79 Å². The number of hydrogen-bond acceptors (Lipinski definition) is 3. The van der Waals surface area contributed by atoms with E-state index in [2.05, 4.69) is 18.7 Å². The van der Waals surface area contributed by atoms with Crippen LogP contribution in [0.4, 0.5) is 0 Å². The van der Waals surface area contributed by atoms with Crippen LogP contribution in [0.3, 0.4) is 0 Å². The molecule has 100 valence electrons. The second-order valence-corrected chi connectivity index (χ2v) is 4.63. The molecule has 0 fully saturated rings. The summed E-state index contributed by atoms with van der Waals surface area (Å²) >= 11 is 0. The molecule has 1 atom stereocenters. The zero-order chi connectivity index (χ0) is 13.1. The standard InChI is InChI=1S/C14H27NO2/c1-4-6-7-8-9-10-13(5-2)12(3)11-14(16)17-15/h11,13H,4-10,15H2,1-3H3. The molecule has 0 saturated carbocycles. The molecule has 0 aliphatic heterocycles. The summed E-state index contributed by atoms with van der Waals surface area (Å²) in [6.45, 7) is 6.36. The Hall–Kier alpha value is -0.830. The van der Waals surface area contributed by atoms with Crippen molar-refractivity contribution in [1.82, 2.24) is 0 Å². The lowest BCUT2D eigenvalue weighted by molar-refractivity contribution is -0.138. The van der Waals surface area contributed by atoms with E-state index in [1.165, 1.54) is 38.2 Å². The maximum Gasteiger partial charge on any atom is 0.349 e. The molecule has 0 aromatic rings. The third-order valence-electron chi connectivity index (χ3n) is 3.25. The third-order valence-corrected chi connectivity index (χ3v) is 3.25. The second kappa shape index (κ2) is 10.3. The van der Waals surface area contributed by atoms with Crippen LogP contribution in [-0.4, -0.2) is 5.97 Å². The average molecular weight is 241 g/mol. The van der Waals surface area contributed by atoms with Crippen LogP contribution in [0.1, 0.15) is 65.7 Å². The van der Waals surface area contributed by atoms with Gasteiger partial charge in [-0.15, -0.1) is 0 Å². The molecule has 0 aliphatic carbocycles. The first kappa shape index (κ1) is 16.2. The number of nitrogens with two attached hydrogens (primary N) is 1. The minimum absolute atomic E-state index is 0.452. The predicted molar refractivity (Wildman–Crippen MR) is 71.2 cm³/mol. The van der Waals surface area contributed by atoms with Crippen molar-refractivity contribution in [2.45, 2.75) is 65.7 Å². The van der Waals surface area contributed by atoms with E-state index in [1.807, 2.05) is 6.92 Å². The highest BCUT2D eigenvalue weighted by Gasteiger charge is 2.10.